The molecule has 0 aliphatic rings. The molecule has 0 atom stereocenters. The first-order chi connectivity index (χ1) is 8.90. The lowest BCUT2D eigenvalue weighted by molar-refractivity contribution is 0.598. The molecule has 0 saturated carbocycles. The van der Waals surface area contributed by atoms with Crippen molar-refractivity contribution in [2.75, 3.05) is 4.72 Å². The number of sulfonamides is 1. The van der Waals surface area contributed by atoms with Crippen molar-refractivity contribution >= 4 is 31.6 Å². The predicted octanol–water partition coefficient (Wildman–Crippen LogP) is 2.77. The molecule has 19 heavy (non-hydrogen) atoms. The molecule has 5 nitrogen and oxygen atoms in total. The van der Waals surface area contributed by atoms with Gasteiger partial charge < -0.3 is 4.57 Å². The average Bonchev–Trinajstić information content (AvgIpc) is 2.75. The zero-order valence-electron chi connectivity index (χ0n) is 10.6. The van der Waals surface area contributed by atoms with E-state index in [4.69, 9.17) is 0 Å². The Morgan fingerprint density at radius 2 is 2.11 bits per heavy atom. The average molecular weight is 344 g/mol. The molecule has 0 bridgehead atoms. The number of anilines is 1. The molecule has 0 unspecified atom stereocenters. The normalized spacial score (nSPS) is 11.5. The van der Waals surface area contributed by atoms with Crippen LogP contribution < -0.4 is 4.72 Å². The first-order valence-corrected chi connectivity index (χ1v) is 8.00. The summed E-state index contributed by atoms with van der Waals surface area (Å²) in [5.41, 5.74) is 1.48. The van der Waals surface area contributed by atoms with E-state index in [1.165, 1.54) is 12.5 Å². The lowest BCUT2D eigenvalue weighted by Crippen LogP contribution is -2.13. The third-order valence-corrected chi connectivity index (χ3v) is 4.27. The maximum Gasteiger partial charge on any atom is 0.280 e. The Bertz CT molecular complexity index is 675. The van der Waals surface area contributed by atoms with Crippen molar-refractivity contribution in [3.63, 3.8) is 0 Å². The summed E-state index contributed by atoms with van der Waals surface area (Å²) < 4.78 is 29.4. The second-order valence-electron chi connectivity index (χ2n) is 4.17. The highest BCUT2D eigenvalue weighted by Crippen LogP contribution is 2.21. The Balaban J connectivity index is 2.30. The van der Waals surface area contributed by atoms with Crippen LogP contribution in [0.3, 0.4) is 0 Å². The molecule has 1 aromatic carbocycles. The van der Waals surface area contributed by atoms with E-state index in [-0.39, 0.29) is 5.03 Å². The van der Waals surface area contributed by atoms with Gasteiger partial charge in [0, 0.05) is 17.2 Å². The highest BCUT2D eigenvalue weighted by Gasteiger charge is 2.17. The first kappa shape index (κ1) is 14.1. The molecule has 1 heterocycles. The van der Waals surface area contributed by atoms with Crippen molar-refractivity contribution in [3.8, 4) is 0 Å². The Hall–Kier alpha value is -1.34. The van der Waals surface area contributed by atoms with E-state index < -0.39 is 10.0 Å². The van der Waals surface area contributed by atoms with Crippen LogP contribution in [0.4, 0.5) is 5.69 Å². The third kappa shape index (κ3) is 3.36. The number of nitrogens with zero attached hydrogens (tertiary/aromatic N) is 2. The van der Waals surface area contributed by atoms with Crippen LogP contribution in [0, 0.1) is 6.92 Å². The van der Waals surface area contributed by atoms with Gasteiger partial charge in [-0.2, -0.15) is 8.42 Å². The van der Waals surface area contributed by atoms with Crippen LogP contribution in [0.2, 0.25) is 0 Å². The van der Waals surface area contributed by atoms with E-state index in [1.54, 1.807) is 16.7 Å². The molecule has 2 aromatic rings. The van der Waals surface area contributed by atoms with Gasteiger partial charge >= 0.3 is 0 Å². The SMILES string of the molecule is CCn1cnc(S(=O)(=O)Nc2cc(C)cc(Br)c2)c1. The van der Waals surface area contributed by atoms with Gasteiger partial charge in [-0.25, -0.2) is 4.98 Å². The molecule has 2 rings (SSSR count). The van der Waals surface area contributed by atoms with E-state index in [2.05, 4.69) is 25.6 Å². The minimum absolute atomic E-state index is 0.0204. The van der Waals surface area contributed by atoms with E-state index in [1.807, 2.05) is 19.9 Å². The summed E-state index contributed by atoms with van der Waals surface area (Å²) in [6.45, 7) is 4.50. The van der Waals surface area contributed by atoms with Gasteiger partial charge in [-0.3, -0.25) is 4.72 Å². The molecular formula is C12H14BrN3O2S. The molecule has 0 amide bonds. The molecule has 0 radical (unpaired) electrons. The quantitative estimate of drug-likeness (QED) is 0.928. The fourth-order valence-corrected chi connectivity index (χ4v) is 3.25. The van der Waals surface area contributed by atoms with Gasteiger partial charge in [0.05, 0.1) is 12.0 Å². The largest absolute Gasteiger partial charge is 0.336 e. The van der Waals surface area contributed by atoms with Gasteiger partial charge in [0.15, 0.2) is 5.03 Å². The molecule has 0 spiro atoms. The highest BCUT2D eigenvalue weighted by molar-refractivity contribution is 9.10. The lowest BCUT2D eigenvalue weighted by Gasteiger charge is -2.07. The lowest BCUT2D eigenvalue weighted by atomic mass is 10.2. The smallest absolute Gasteiger partial charge is 0.280 e. The number of benzene rings is 1. The predicted molar refractivity (Wildman–Crippen MR) is 77.6 cm³/mol. The Morgan fingerprint density at radius 1 is 1.37 bits per heavy atom. The van der Waals surface area contributed by atoms with Crippen LogP contribution in [0.25, 0.3) is 0 Å². The van der Waals surface area contributed by atoms with Gasteiger partial charge in [0.1, 0.15) is 0 Å². The zero-order valence-corrected chi connectivity index (χ0v) is 13.0. The van der Waals surface area contributed by atoms with Crippen molar-refractivity contribution < 1.29 is 8.42 Å². The standard InChI is InChI=1S/C12H14BrN3O2S/c1-3-16-7-12(14-8-16)19(17,18)15-11-5-9(2)4-10(13)6-11/h4-8,15H,3H2,1-2H3. The summed E-state index contributed by atoms with van der Waals surface area (Å²) in [7, 11) is -3.64. The first-order valence-electron chi connectivity index (χ1n) is 5.72. The molecule has 102 valence electrons. The van der Waals surface area contributed by atoms with Crippen molar-refractivity contribution in [1.29, 1.82) is 0 Å². The number of hydrogen-bond acceptors (Lipinski definition) is 3. The molecule has 0 aliphatic heterocycles. The summed E-state index contributed by atoms with van der Waals surface area (Å²) >= 11 is 3.34. The molecular weight excluding hydrogens is 330 g/mol. The Kier molecular flexibility index (Phi) is 3.96. The number of rotatable bonds is 4. The van der Waals surface area contributed by atoms with Crippen LogP contribution in [-0.4, -0.2) is 18.0 Å². The van der Waals surface area contributed by atoms with Gasteiger partial charge in [-0.1, -0.05) is 15.9 Å². The molecule has 1 aromatic heterocycles. The molecule has 0 fully saturated rings. The van der Waals surface area contributed by atoms with Crippen molar-refractivity contribution in [1.82, 2.24) is 9.55 Å². The van der Waals surface area contributed by atoms with E-state index in [0.717, 1.165) is 10.0 Å². The fraction of sp³-hybridized carbons (Fsp3) is 0.250. The summed E-state index contributed by atoms with van der Waals surface area (Å²) in [6.07, 6.45) is 3.01. The van der Waals surface area contributed by atoms with Crippen LogP contribution >= 0.6 is 15.9 Å². The van der Waals surface area contributed by atoms with Crippen molar-refractivity contribution in [3.05, 3.63) is 40.8 Å². The number of hydrogen-bond donors (Lipinski definition) is 1. The third-order valence-electron chi connectivity index (χ3n) is 2.54. The molecule has 7 heteroatoms. The van der Waals surface area contributed by atoms with Crippen LogP contribution in [0.5, 0.6) is 0 Å². The van der Waals surface area contributed by atoms with E-state index in [0.29, 0.717) is 12.2 Å². The van der Waals surface area contributed by atoms with E-state index in [9.17, 15) is 8.42 Å². The van der Waals surface area contributed by atoms with Crippen LogP contribution in [0.1, 0.15) is 12.5 Å². The summed E-state index contributed by atoms with van der Waals surface area (Å²) in [5, 5.41) is 0.0204. The summed E-state index contributed by atoms with van der Waals surface area (Å²) in [6, 6.07) is 5.38. The minimum atomic E-state index is -3.64. The van der Waals surface area contributed by atoms with Crippen molar-refractivity contribution in [2.45, 2.75) is 25.4 Å². The zero-order chi connectivity index (χ0) is 14.0. The summed E-state index contributed by atoms with van der Waals surface area (Å²) in [5.74, 6) is 0. The minimum Gasteiger partial charge on any atom is -0.336 e. The summed E-state index contributed by atoms with van der Waals surface area (Å²) in [4.78, 5) is 3.90. The van der Waals surface area contributed by atoms with Crippen molar-refractivity contribution in [2.24, 2.45) is 0 Å². The number of nitrogens with one attached hydrogen (secondary N) is 1. The van der Waals surface area contributed by atoms with Gasteiger partial charge in [0.2, 0.25) is 0 Å². The van der Waals surface area contributed by atoms with Crippen LogP contribution in [-0.2, 0) is 16.6 Å². The van der Waals surface area contributed by atoms with Gasteiger partial charge in [-0.05, 0) is 37.6 Å². The number of aromatic nitrogens is 2. The molecule has 0 aliphatic carbocycles. The molecule has 0 saturated heterocycles. The monoisotopic (exact) mass is 343 g/mol. The number of aryl methyl sites for hydroxylation is 2. The number of halogens is 1. The fourth-order valence-electron chi connectivity index (χ4n) is 1.65. The Morgan fingerprint density at radius 3 is 2.68 bits per heavy atom. The maximum absolute atomic E-state index is 12.2. The van der Waals surface area contributed by atoms with Gasteiger partial charge in [-0.15, -0.1) is 0 Å². The van der Waals surface area contributed by atoms with Gasteiger partial charge in [0.25, 0.3) is 10.0 Å². The van der Waals surface area contributed by atoms with Crippen LogP contribution in [0.15, 0.2) is 40.2 Å². The number of imidazole rings is 1. The second kappa shape index (κ2) is 5.34. The second-order valence-corrected chi connectivity index (χ2v) is 6.71. The highest BCUT2D eigenvalue weighted by atomic mass is 79.9. The molecule has 1 N–H and O–H groups in total. The topological polar surface area (TPSA) is 64.0 Å². The Labute approximate surface area is 120 Å². The van der Waals surface area contributed by atoms with E-state index >= 15 is 0 Å². The maximum atomic E-state index is 12.2.